The monoisotopic (exact) mass is 389 g/mol. The molecule has 0 bridgehead atoms. The molecular formula is C17H12ClN3O2S2. The molecule has 0 spiro atoms. The molecule has 0 aliphatic heterocycles. The van der Waals surface area contributed by atoms with E-state index in [1.54, 1.807) is 18.2 Å². The lowest BCUT2D eigenvalue weighted by Crippen LogP contribution is -2.10. The van der Waals surface area contributed by atoms with E-state index in [4.69, 9.17) is 16.3 Å². The van der Waals surface area contributed by atoms with Crippen LogP contribution >= 0.6 is 34.5 Å². The van der Waals surface area contributed by atoms with Gasteiger partial charge in [-0.3, -0.25) is 10.1 Å². The highest BCUT2D eigenvalue weighted by atomic mass is 35.5. The number of thiazole rings is 1. The summed E-state index contributed by atoms with van der Waals surface area (Å²) in [6, 6.07) is 11.0. The topological polar surface area (TPSA) is 64.1 Å². The summed E-state index contributed by atoms with van der Waals surface area (Å²) in [6.45, 7) is 2.54. The molecule has 4 rings (SSSR count). The van der Waals surface area contributed by atoms with Crippen molar-refractivity contribution in [2.24, 2.45) is 0 Å². The maximum atomic E-state index is 12.6. The van der Waals surface area contributed by atoms with Gasteiger partial charge < -0.3 is 4.74 Å². The summed E-state index contributed by atoms with van der Waals surface area (Å²) < 4.78 is 10.7. The molecule has 0 atom stereocenters. The van der Waals surface area contributed by atoms with E-state index in [2.05, 4.69) is 14.7 Å². The van der Waals surface area contributed by atoms with E-state index in [-0.39, 0.29) is 5.91 Å². The summed E-state index contributed by atoms with van der Waals surface area (Å²) in [4.78, 5) is 17.6. The first-order chi connectivity index (χ1) is 12.1. The van der Waals surface area contributed by atoms with E-state index in [9.17, 15) is 4.79 Å². The van der Waals surface area contributed by atoms with E-state index in [0.717, 1.165) is 38.4 Å². The molecule has 0 radical (unpaired) electrons. The summed E-state index contributed by atoms with van der Waals surface area (Å²) in [6.07, 6.45) is 0. The van der Waals surface area contributed by atoms with Gasteiger partial charge in [0.15, 0.2) is 5.13 Å². The van der Waals surface area contributed by atoms with Gasteiger partial charge in [-0.25, -0.2) is 4.98 Å². The summed E-state index contributed by atoms with van der Waals surface area (Å²) in [7, 11) is 0. The van der Waals surface area contributed by atoms with Gasteiger partial charge in [-0.2, -0.15) is 4.37 Å². The van der Waals surface area contributed by atoms with Crippen molar-refractivity contribution in [2.75, 3.05) is 11.9 Å². The predicted octanol–water partition coefficient (Wildman–Crippen LogP) is 5.21. The number of fused-ring (bicyclic) bond motifs is 2. The van der Waals surface area contributed by atoms with Gasteiger partial charge in [0.25, 0.3) is 5.91 Å². The lowest BCUT2D eigenvalue weighted by molar-refractivity contribution is 0.103. The summed E-state index contributed by atoms with van der Waals surface area (Å²) >= 11 is 8.59. The number of nitrogens with one attached hydrogen (secondary N) is 1. The second-order valence-corrected chi connectivity index (χ2v) is 7.45. The van der Waals surface area contributed by atoms with Crippen LogP contribution in [0.25, 0.3) is 21.1 Å². The molecule has 0 aliphatic carbocycles. The van der Waals surface area contributed by atoms with Gasteiger partial charge in [-0.05, 0) is 54.9 Å². The number of hydrogen-bond acceptors (Lipinski definition) is 6. The Balaban J connectivity index is 1.63. The molecule has 2 aromatic carbocycles. The Kier molecular flexibility index (Phi) is 4.29. The highest BCUT2D eigenvalue weighted by Crippen LogP contribution is 2.31. The number of ether oxygens (including phenoxy) is 1. The van der Waals surface area contributed by atoms with Crippen molar-refractivity contribution in [3.63, 3.8) is 0 Å². The Morgan fingerprint density at radius 1 is 1.24 bits per heavy atom. The molecule has 1 amide bonds. The number of carbonyl (C=O) groups is 1. The number of hydrogen-bond donors (Lipinski definition) is 1. The van der Waals surface area contributed by atoms with Crippen LogP contribution < -0.4 is 10.1 Å². The van der Waals surface area contributed by atoms with Crippen molar-refractivity contribution < 1.29 is 9.53 Å². The van der Waals surface area contributed by atoms with Gasteiger partial charge in [-0.15, -0.1) is 0 Å². The van der Waals surface area contributed by atoms with Crippen molar-refractivity contribution in [3.8, 4) is 5.75 Å². The summed E-state index contributed by atoms with van der Waals surface area (Å²) in [5.74, 6) is 0.554. The molecule has 0 saturated heterocycles. The molecule has 5 nitrogen and oxygen atoms in total. The normalized spacial score (nSPS) is 11.1. The summed E-state index contributed by atoms with van der Waals surface area (Å²) in [5.41, 5.74) is 1.58. The van der Waals surface area contributed by atoms with Crippen molar-refractivity contribution in [1.29, 1.82) is 0 Å². The van der Waals surface area contributed by atoms with Crippen LogP contribution in [0.4, 0.5) is 5.13 Å². The maximum Gasteiger partial charge on any atom is 0.269 e. The number of amides is 1. The first-order valence-electron chi connectivity index (χ1n) is 7.53. The molecular weight excluding hydrogens is 378 g/mol. The maximum absolute atomic E-state index is 12.6. The third-order valence-corrected chi connectivity index (χ3v) is 5.58. The number of anilines is 1. The minimum atomic E-state index is -0.237. The highest BCUT2D eigenvalue weighted by molar-refractivity contribution is 7.22. The Morgan fingerprint density at radius 2 is 2.08 bits per heavy atom. The zero-order chi connectivity index (χ0) is 17.4. The smallest absolute Gasteiger partial charge is 0.269 e. The lowest BCUT2D eigenvalue weighted by Gasteiger charge is -2.00. The average Bonchev–Trinajstić information content (AvgIpc) is 3.17. The van der Waals surface area contributed by atoms with Crippen molar-refractivity contribution in [1.82, 2.24) is 9.36 Å². The third-order valence-electron chi connectivity index (χ3n) is 3.54. The second-order valence-electron chi connectivity index (χ2n) is 5.21. The molecule has 4 aromatic rings. The number of carbonyl (C=O) groups excluding carboxylic acids is 1. The van der Waals surface area contributed by atoms with Gasteiger partial charge >= 0.3 is 0 Å². The fraction of sp³-hybridized carbons (Fsp3) is 0.118. The molecule has 2 heterocycles. The second kappa shape index (κ2) is 6.59. The Bertz CT molecular complexity index is 1090. The predicted molar refractivity (Wildman–Crippen MR) is 103 cm³/mol. The van der Waals surface area contributed by atoms with Crippen LogP contribution in [0.2, 0.25) is 5.02 Å². The van der Waals surface area contributed by atoms with Gasteiger partial charge in [0, 0.05) is 10.4 Å². The molecule has 25 heavy (non-hydrogen) atoms. The zero-order valence-electron chi connectivity index (χ0n) is 13.1. The minimum absolute atomic E-state index is 0.237. The molecule has 2 aromatic heterocycles. The van der Waals surface area contributed by atoms with Crippen molar-refractivity contribution in [2.45, 2.75) is 6.92 Å². The van der Waals surface area contributed by atoms with Crippen LogP contribution in [0.1, 0.15) is 16.6 Å². The number of aromatic nitrogens is 2. The van der Waals surface area contributed by atoms with Gasteiger partial charge in [0.2, 0.25) is 0 Å². The number of benzene rings is 2. The third kappa shape index (κ3) is 3.18. The molecule has 126 valence electrons. The van der Waals surface area contributed by atoms with Gasteiger partial charge in [-0.1, -0.05) is 22.9 Å². The fourth-order valence-electron chi connectivity index (χ4n) is 2.45. The highest BCUT2D eigenvalue weighted by Gasteiger charge is 2.16. The first-order valence-corrected chi connectivity index (χ1v) is 9.50. The van der Waals surface area contributed by atoms with Crippen molar-refractivity contribution >= 4 is 66.6 Å². The number of nitrogens with zero attached hydrogens (tertiary/aromatic N) is 2. The van der Waals surface area contributed by atoms with Gasteiger partial charge in [0.1, 0.15) is 10.6 Å². The molecule has 0 fully saturated rings. The Morgan fingerprint density at radius 3 is 2.92 bits per heavy atom. The molecule has 1 N–H and O–H groups in total. The van der Waals surface area contributed by atoms with Crippen LogP contribution in [0, 0.1) is 0 Å². The quantitative estimate of drug-likeness (QED) is 0.520. The van der Waals surface area contributed by atoms with E-state index in [0.29, 0.717) is 21.6 Å². The molecule has 0 saturated carbocycles. The minimum Gasteiger partial charge on any atom is -0.494 e. The SMILES string of the molecule is CCOc1ccc2nc(NC(=O)c3snc4ccc(Cl)cc34)sc2c1. The molecule has 8 heteroatoms. The first kappa shape index (κ1) is 16.3. The lowest BCUT2D eigenvalue weighted by atomic mass is 10.2. The van der Waals surface area contributed by atoms with Crippen LogP contribution in [0.3, 0.4) is 0 Å². The van der Waals surface area contributed by atoms with Crippen LogP contribution in [0.5, 0.6) is 5.75 Å². The Hall–Kier alpha value is -2.22. The Labute approximate surface area is 156 Å². The zero-order valence-corrected chi connectivity index (χ0v) is 15.5. The van der Waals surface area contributed by atoms with E-state index >= 15 is 0 Å². The largest absolute Gasteiger partial charge is 0.494 e. The van der Waals surface area contributed by atoms with Crippen LogP contribution in [0.15, 0.2) is 36.4 Å². The average molecular weight is 390 g/mol. The van der Waals surface area contributed by atoms with Crippen LogP contribution in [-0.4, -0.2) is 21.9 Å². The van der Waals surface area contributed by atoms with E-state index in [1.165, 1.54) is 11.3 Å². The van der Waals surface area contributed by atoms with E-state index < -0.39 is 0 Å². The number of halogens is 1. The van der Waals surface area contributed by atoms with Crippen molar-refractivity contribution in [3.05, 3.63) is 46.3 Å². The van der Waals surface area contributed by atoms with Crippen LogP contribution in [-0.2, 0) is 0 Å². The van der Waals surface area contributed by atoms with Gasteiger partial charge in [0.05, 0.1) is 22.3 Å². The molecule has 0 aliphatic rings. The molecule has 0 unspecified atom stereocenters. The summed E-state index contributed by atoms with van der Waals surface area (Å²) in [5, 5.41) is 4.71. The van der Waals surface area contributed by atoms with E-state index in [1.807, 2.05) is 25.1 Å². The fourth-order valence-corrected chi connectivity index (χ4v) is 4.25. The standard InChI is InChI=1S/C17H12ClN3O2S2/c1-2-23-10-4-6-13-14(8-10)24-17(19-13)20-16(22)15-11-7-9(18)3-5-12(11)21-25-15/h3-8H,2H2,1H3,(H,19,20,22). The number of rotatable bonds is 4.